The van der Waals surface area contributed by atoms with Gasteiger partial charge in [0.25, 0.3) is 4.77 Å². The first-order valence-electron chi connectivity index (χ1n) is 5.77. The number of carbonyl (C=O) groups excluding carboxylic acids is 1. The number of rotatable bonds is 4. The van der Waals surface area contributed by atoms with E-state index in [1.807, 2.05) is 20.8 Å². The normalized spacial score (nSPS) is 10.3. The molecule has 0 aromatic carbocycles. The lowest BCUT2D eigenvalue weighted by Gasteiger charge is -2.17. The molecule has 17 heavy (non-hydrogen) atoms. The largest absolute Gasteiger partial charge is 0.345 e. The number of hydrogen-bond acceptors (Lipinski definition) is 3. The Bertz CT molecular complexity index is 469. The van der Waals surface area contributed by atoms with Crippen LogP contribution >= 0.6 is 0 Å². The summed E-state index contributed by atoms with van der Waals surface area (Å²) in [6.07, 6.45) is 1.64. The highest BCUT2D eigenvalue weighted by Gasteiger charge is 2.15. The molecule has 0 aliphatic rings. The summed E-state index contributed by atoms with van der Waals surface area (Å²) in [5, 5.41) is 2.88. The van der Waals surface area contributed by atoms with Gasteiger partial charge in [0.05, 0.1) is 0 Å². The molecule has 0 aliphatic carbocycles. The monoisotopic (exact) mass is 258 g/mol. The average Bonchev–Trinajstić information content (AvgIpc) is 2.74. The van der Waals surface area contributed by atoms with Crippen molar-refractivity contribution in [1.82, 2.24) is 19.7 Å². The van der Waals surface area contributed by atoms with E-state index in [4.69, 9.17) is 0 Å². The van der Waals surface area contributed by atoms with E-state index in [1.165, 1.54) is 4.68 Å². The van der Waals surface area contributed by atoms with Gasteiger partial charge in [0.1, 0.15) is 17.1 Å². The minimum absolute atomic E-state index is 0.172. The Kier molecular flexibility index (Phi) is 5.14. The van der Waals surface area contributed by atoms with Gasteiger partial charge in [-0.2, -0.15) is 4.68 Å². The Hall–Kier alpha value is -1.37. The highest BCUT2D eigenvalue weighted by molar-refractivity contribution is 7.56. The van der Waals surface area contributed by atoms with Crippen LogP contribution in [-0.4, -0.2) is 43.0 Å². The van der Waals surface area contributed by atoms with Crippen LogP contribution in [0.15, 0.2) is 0 Å². The molecule has 7 heteroatoms. The van der Waals surface area contributed by atoms with Crippen LogP contribution in [0.5, 0.6) is 0 Å². The van der Waals surface area contributed by atoms with E-state index in [-0.39, 0.29) is 22.1 Å². The van der Waals surface area contributed by atoms with Crippen LogP contribution in [0.3, 0.4) is 0 Å². The molecule has 0 radical (unpaired) electrons. The molecular weight excluding hydrogens is 240 g/mol. The van der Waals surface area contributed by atoms with Crippen LogP contribution in [0.1, 0.15) is 33.0 Å². The summed E-state index contributed by atoms with van der Waals surface area (Å²) in [6.45, 7) is 7.02. The van der Waals surface area contributed by atoms with Crippen LogP contribution < -0.4 is 0 Å². The molecule has 1 heterocycles. The third-order valence-electron chi connectivity index (χ3n) is 2.45. The molecule has 0 fully saturated rings. The summed E-state index contributed by atoms with van der Waals surface area (Å²) in [6, 6.07) is -0.233. The smallest absolute Gasteiger partial charge is 0.323 e. The van der Waals surface area contributed by atoms with Crippen molar-refractivity contribution >= 4 is 17.3 Å². The second-order valence-electron chi connectivity index (χ2n) is 3.58. The number of nitrogens with one attached hydrogen (secondary N) is 1. The maximum absolute atomic E-state index is 12.1. The van der Waals surface area contributed by atoms with Gasteiger partial charge < -0.3 is 4.90 Å². The molecule has 1 aromatic rings. The van der Waals surface area contributed by atoms with E-state index >= 15 is 0 Å². The first-order chi connectivity index (χ1) is 8.17. The van der Waals surface area contributed by atoms with E-state index in [2.05, 4.69) is 10.1 Å². The van der Waals surface area contributed by atoms with Gasteiger partial charge in [0.2, 0.25) is 0 Å². The molecule has 1 aromatic heterocycles. The Morgan fingerprint density at radius 3 is 2.53 bits per heavy atom. The lowest BCUT2D eigenvalue weighted by molar-refractivity contribution is 0.201. The third-order valence-corrected chi connectivity index (χ3v) is 2.87. The molecule has 96 valence electrons. The fraction of sp³-hybridized carbons (Fsp3) is 0.700. The molecule has 0 atom stereocenters. The van der Waals surface area contributed by atoms with Crippen molar-refractivity contribution in [3.63, 3.8) is 0 Å². The lowest BCUT2D eigenvalue weighted by atomic mass is 10.3. The maximum Gasteiger partial charge on any atom is 0.345 e. The van der Waals surface area contributed by atoms with Crippen molar-refractivity contribution in [2.75, 3.05) is 13.1 Å². The van der Waals surface area contributed by atoms with Gasteiger partial charge in [0, 0.05) is 19.5 Å². The zero-order chi connectivity index (χ0) is 12.8. The first-order valence-corrected chi connectivity index (χ1v) is 6.52. The summed E-state index contributed by atoms with van der Waals surface area (Å²) in [5.74, 6) is 0.673. The molecule has 0 saturated heterocycles. The van der Waals surface area contributed by atoms with E-state index < -0.39 is 0 Å². The van der Waals surface area contributed by atoms with Gasteiger partial charge in [-0.05, 0) is 20.3 Å². The number of aryl methyl sites for hydroxylation is 1. The summed E-state index contributed by atoms with van der Waals surface area (Å²) in [5.41, 5.74) is 0. The first kappa shape index (κ1) is 13.7. The van der Waals surface area contributed by atoms with Crippen molar-refractivity contribution in [3.05, 3.63) is 10.6 Å². The number of aromatic nitrogens is 3. The molecule has 0 unspecified atom stereocenters. The SMILES string of the molecule is CCCc1nc(=S=O)n(C(=O)N(CC)CC)[nH]1. The van der Waals surface area contributed by atoms with Crippen molar-refractivity contribution in [1.29, 1.82) is 0 Å². The van der Waals surface area contributed by atoms with E-state index in [1.54, 1.807) is 4.90 Å². The zero-order valence-electron chi connectivity index (χ0n) is 10.4. The van der Waals surface area contributed by atoms with E-state index in [0.29, 0.717) is 18.9 Å². The number of H-pyrrole nitrogens is 1. The fourth-order valence-corrected chi connectivity index (χ4v) is 1.88. The highest BCUT2D eigenvalue weighted by Crippen LogP contribution is 1.99. The zero-order valence-corrected chi connectivity index (χ0v) is 11.2. The number of carbonyl (C=O) groups is 1. The summed E-state index contributed by atoms with van der Waals surface area (Å²) in [7, 11) is 0. The summed E-state index contributed by atoms with van der Waals surface area (Å²) < 4.78 is 12.3. The molecule has 0 saturated carbocycles. The van der Waals surface area contributed by atoms with E-state index in [9.17, 15) is 9.00 Å². The maximum atomic E-state index is 12.1. The molecule has 0 spiro atoms. The Balaban J connectivity index is 3.12. The quantitative estimate of drug-likeness (QED) is 0.825. The Morgan fingerprint density at radius 2 is 2.06 bits per heavy atom. The van der Waals surface area contributed by atoms with Crippen LogP contribution in [0.2, 0.25) is 0 Å². The van der Waals surface area contributed by atoms with Crippen molar-refractivity contribution in [2.45, 2.75) is 33.6 Å². The molecule has 0 bridgehead atoms. The Labute approximate surface area is 104 Å². The molecule has 0 aliphatic heterocycles. The average molecular weight is 258 g/mol. The molecule has 1 N–H and O–H groups in total. The predicted molar refractivity (Wildman–Crippen MR) is 65.7 cm³/mol. The van der Waals surface area contributed by atoms with Crippen LogP contribution in [0, 0.1) is 4.77 Å². The van der Waals surface area contributed by atoms with Crippen LogP contribution in [0.4, 0.5) is 4.79 Å². The molecule has 6 nitrogen and oxygen atoms in total. The van der Waals surface area contributed by atoms with Gasteiger partial charge in [-0.15, -0.1) is 0 Å². The van der Waals surface area contributed by atoms with Crippen molar-refractivity contribution < 1.29 is 9.00 Å². The van der Waals surface area contributed by atoms with Gasteiger partial charge in [0.15, 0.2) is 0 Å². The van der Waals surface area contributed by atoms with Crippen molar-refractivity contribution in [2.24, 2.45) is 0 Å². The topological polar surface area (TPSA) is 71.0 Å². The fourth-order valence-electron chi connectivity index (χ4n) is 1.54. The van der Waals surface area contributed by atoms with Crippen LogP contribution in [0.25, 0.3) is 0 Å². The predicted octanol–water partition coefficient (Wildman–Crippen LogP) is 1.22. The standard InChI is InChI=1S/C10H18N4O2S/c1-4-7-8-11-9(17-16)14(12-8)10(15)13(5-2)6-3/h4-7H2,1-3H3,(H,11,12). The van der Waals surface area contributed by atoms with Gasteiger partial charge in [-0.25, -0.2) is 14.0 Å². The van der Waals surface area contributed by atoms with Crippen LogP contribution in [-0.2, 0) is 17.7 Å². The molecular formula is C10H18N4O2S. The minimum atomic E-state index is -0.233. The summed E-state index contributed by atoms with van der Waals surface area (Å²) >= 11 is 0.232. The van der Waals surface area contributed by atoms with Crippen molar-refractivity contribution in [3.8, 4) is 0 Å². The summed E-state index contributed by atoms with van der Waals surface area (Å²) in [4.78, 5) is 17.8. The Morgan fingerprint density at radius 1 is 1.41 bits per heavy atom. The second kappa shape index (κ2) is 6.39. The third kappa shape index (κ3) is 3.06. The highest BCUT2D eigenvalue weighted by atomic mass is 32.1. The molecule has 1 rings (SSSR count). The van der Waals surface area contributed by atoms with E-state index in [0.717, 1.165) is 12.8 Å². The van der Waals surface area contributed by atoms with Gasteiger partial charge >= 0.3 is 6.03 Å². The minimum Gasteiger partial charge on any atom is -0.323 e. The number of aromatic amines is 1. The molecule has 1 amide bonds. The second-order valence-corrected chi connectivity index (χ2v) is 4.11. The number of nitrogens with zero attached hydrogens (tertiary/aromatic N) is 3. The number of amides is 1. The van der Waals surface area contributed by atoms with Gasteiger partial charge in [-0.1, -0.05) is 6.92 Å². The number of hydrogen-bond donors (Lipinski definition) is 1. The van der Waals surface area contributed by atoms with Gasteiger partial charge in [-0.3, -0.25) is 5.10 Å². The lowest BCUT2D eigenvalue weighted by Crippen LogP contribution is -2.35.